The Morgan fingerprint density at radius 2 is 2.10 bits per heavy atom. The number of amides is 1. The molecule has 0 saturated carbocycles. The summed E-state index contributed by atoms with van der Waals surface area (Å²) in [6.45, 7) is 0.596. The molecule has 0 bridgehead atoms. The van der Waals surface area contributed by atoms with E-state index in [1.54, 1.807) is 0 Å². The zero-order chi connectivity index (χ0) is 15.6. The van der Waals surface area contributed by atoms with Gasteiger partial charge in [0, 0.05) is 26.7 Å². The van der Waals surface area contributed by atoms with Gasteiger partial charge in [-0.25, -0.2) is 17.2 Å². The SMILES string of the molecule is CNC(=O)C1CNCCN1S(=O)(=O)c1ccc(F)c(F)c1. The van der Waals surface area contributed by atoms with Crippen LogP contribution in [0.5, 0.6) is 0 Å². The van der Waals surface area contributed by atoms with Crippen molar-refractivity contribution in [2.45, 2.75) is 10.9 Å². The Morgan fingerprint density at radius 3 is 2.71 bits per heavy atom. The second-order valence-electron chi connectivity index (χ2n) is 4.53. The summed E-state index contributed by atoms with van der Waals surface area (Å²) in [6, 6.07) is 1.42. The fourth-order valence-electron chi connectivity index (χ4n) is 2.14. The zero-order valence-electron chi connectivity index (χ0n) is 11.3. The van der Waals surface area contributed by atoms with E-state index in [4.69, 9.17) is 0 Å². The first-order valence-corrected chi connectivity index (χ1v) is 7.71. The van der Waals surface area contributed by atoms with Crippen molar-refractivity contribution in [3.05, 3.63) is 29.8 Å². The summed E-state index contributed by atoms with van der Waals surface area (Å²) in [7, 11) is -2.68. The molecule has 2 rings (SSSR count). The van der Waals surface area contributed by atoms with Crippen LogP contribution in [0.2, 0.25) is 0 Å². The van der Waals surface area contributed by atoms with Gasteiger partial charge in [-0.15, -0.1) is 0 Å². The van der Waals surface area contributed by atoms with E-state index in [1.165, 1.54) is 7.05 Å². The summed E-state index contributed by atoms with van der Waals surface area (Å²) in [4.78, 5) is 11.4. The lowest BCUT2D eigenvalue weighted by Crippen LogP contribution is -2.59. The molecule has 1 atom stereocenters. The van der Waals surface area contributed by atoms with Gasteiger partial charge in [0.05, 0.1) is 4.90 Å². The minimum absolute atomic E-state index is 0.0689. The first-order chi connectivity index (χ1) is 9.87. The number of carbonyl (C=O) groups is 1. The number of sulfonamides is 1. The maximum absolute atomic E-state index is 13.2. The predicted octanol–water partition coefficient (Wildman–Crippen LogP) is -0.327. The summed E-state index contributed by atoms with van der Waals surface area (Å²) in [5, 5.41) is 5.31. The van der Waals surface area contributed by atoms with Gasteiger partial charge in [-0.1, -0.05) is 0 Å². The highest BCUT2D eigenvalue weighted by Crippen LogP contribution is 2.21. The van der Waals surface area contributed by atoms with Gasteiger partial charge in [-0.2, -0.15) is 4.31 Å². The van der Waals surface area contributed by atoms with Crippen LogP contribution in [0.25, 0.3) is 0 Å². The van der Waals surface area contributed by atoms with Gasteiger partial charge in [0.1, 0.15) is 6.04 Å². The van der Waals surface area contributed by atoms with Gasteiger partial charge in [-0.05, 0) is 18.2 Å². The summed E-state index contributed by atoms with van der Waals surface area (Å²) in [5.41, 5.74) is 0. The van der Waals surface area contributed by atoms with Gasteiger partial charge in [-0.3, -0.25) is 4.79 Å². The number of hydrogen-bond acceptors (Lipinski definition) is 4. The Balaban J connectivity index is 2.40. The van der Waals surface area contributed by atoms with Crippen molar-refractivity contribution in [3.63, 3.8) is 0 Å². The predicted molar refractivity (Wildman–Crippen MR) is 71.0 cm³/mol. The number of carbonyl (C=O) groups excluding carboxylic acids is 1. The van der Waals surface area contributed by atoms with Crippen molar-refractivity contribution in [2.75, 3.05) is 26.7 Å². The molecule has 1 aromatic carbocycles. The lowest BCUT2D eigenvalue weighted by atomic mass is 10.2. The van der Waals surface area contributed by atoms with Gasteiger partial charge < -0.3 is 10.6 Å². The molecule has 0 aromatic heterocycles. The highest BCUT2D eigenvalue weighted by molar-refractivity contribution is 7.89. The number of nitrogens with zero attached hydrogens (tertiary/aromatic N) is 1. The third-order valence-corrected chi connectivity index (χ3v) is 5.15. The van der Waals surface area contributed by atoms with Crippen molar-refractivity contribution in [3.8, 4) is 0 Å². The average molecular weight is 319 g/mol. The number of rotatable bonds is 3. The second kappa shape index (κ2) is 6.04. The van der Waals surface area contributed by atoms with Crippen LogP contribution >= 0.6 is 0 Å². The first kappa shape index (κ1) is 15.8. The van der Waals surface area contributed by atoms with Crippen LogP contribution in [-0.4, -0.2) is 51.4 Å². The van der Waals surface area contributed by atoms with Crippen LogP contribution in [0.3, 0.4) is 0 Å². The van der Waals surface area contributed by atoms with Crippen LogP contribution in [0.15, 0.2) is 23.1 Å². The molecular weight excluding hydrogens is 304 g/mol. The van der Waals surface area contributed by atoms with Crippen LogP contribution in [-0.2, 0) is 14.8 Å². The second-order valence-corrected chi connectivity index (χ2v) is 6.42. The van der Waals surface area contributed by atoms with Gasteiger partial charge in [0.15, 0.2) is 11.6 Å². The molecule has 1 unspecified atom stereocenters. The molecule has 9 heteroatoms. The molecule has 1 aliphatic heterocycles. The Hall–Kier alpha value is -1.58. The molecule has 1 amide bonds. The highest BCUT2D eigenvalue weighted by atomic mass is 32.2. The van der Waals surface area contributed by atoms with Crippen molar-refractivity contribution in [1.82, 2.24) is 14.9 Å². The highest BCUT2D eigenvalue weighted by Gasteiger charge is 2.37. The van der Waals surface area contributed by atoms with E-state index in [0.29, 0.717) is 12.6 Å². The van der Waals surface area contributed by atoms with Crippen LogP contribution in [0.1, 0.15) is 0 Å². The molecule has 1 aliphatic rings. The zero-order valence-corrected chi connectivity index (χ0v) is 12.1. The Morgan fingerprint density at radius 1 is 1.38 bits per heavy atom. The monoisotopic (exact) mass is 319 g/mol. The Bertz CT molecular complexity index is 651. The molecule has 0 spiro atoms. The van der Waals surface area contributed by atoms with Gasteiger partial charge >= 0.3 is 0 Å². The van der Waals surface area contributed by atoms with E-state index < -0.39 is 33.6 Å². The minimum atomic E-state index is -4.08. The fourth-order valence-corrected chi connectivity index (χ4v) is 3.74. The number of likely N-dealkylation sites (N-methyl/N-ethyl adjacent to an activating group) is 1. The molecular formula is C12H15F2N3O3S. The molecule has 6 nitrogen and oxygen atoms in total. The van der Waals surface area contributed by atoms with Crippen LogP contribution in [0, 0.1) is 11.6 Å². The normalized spacial score (nSPS) is 20.2. The smallest absolute Gasteiger partial charge is 0.243 e. The molecule has 1 saturated heterocycles. The van der Waals surface area contributed by atoms with Gasteiger partial charge in [0.25, 0.3) is 0 Å². The first-order valence-electron chi connectivity index (χ1n) is 6.27. The van der Waals surface area contributed by atoms with E-state index in [2.05, 4.69) is 10.6 Å². The van der Waals surface area contributed by atoms with Crippen LogP contribution in [0.4, 0.5) is 8.78 Å². The van der Waals surface area contributed by atoms with Crippen molar-refractivity contribution >= 4 is 15.9 Å². The van der Waals surface area contributed by atoms with Crippen molar-refractivity contribution in [1.29, 1.82) is 0 Å². The Kier molecular flexibility index (Phi) is 4.55. The number of benzene rings is 1. The third-order valence-electron chi connectivity index (χ3n) is 3.24. The molecule has 116 valence electrons. The largest absolute Gasteiger partial charge is 0.358 e. The Labute approximate surface area is 121 Å². The molecule has 1 fully saturated rings. The number of piperazine rings is 1. The van der Waals surface area contributed by atoms with E-state index in [1.807, 2.05) is 0 Å². The van der Waals surface area contributed by atoms with Crippen LogP contribution < -0.4 is 10.6 Å². The molecule has 21 heavy (non-hydrogen) atoms. The molecule has 0 aliphatic carbocycles. The lowest BCUT2D eigenvalue weighted by molar-refractivity contribution is -0.124. The maximum Gasteiger partial charge on any atom is 0.243 e. The average Bonchev–Trinajstić information content (AvgIpc) is 2.49. The number of halogens is 2. The van der Waals surface area contributed by atoms with E-state index in [-0.39, 0.29) is 18.0 Å². The summed E-state index contributed by atoms with van der Waals surface area (Å²) < 4.78 is 52.2. The topological polar surface area (TPSA) is 78.5 Å². The fraction of sp³-hybridized carbons (Fsp3) is 0.417. The standard InChI is InChI=1S/C12H15F2N3O3S/c1-15-12(18)11-7-16-4-5-17(11)21(19,20)8-2-3-9(13)10(14)6-8/h2-3,6,11,16H,4-5,7H2,1H3,(H,15,18). The summed E-state index contributed by atoms with van der Waals surface area (Å²) in [5.74, 6) is -2.84. The molecule has 1 heterocycles. The quantitative estimate of drug-likeness (QED) is 0.800. The lowest BCUT2D eigenvalue weighted by Gasteiger charge is -2.33. The molecule has 2 N–H and O–H groups in total. The maximum atomic E-state index is 13.2. The number of nitrogens with one attached hydrogen (secondary N) is 2. The third kappa shape index (κ3) is 3.04. The summed E-state index contributed by atoms with van der Waals surface area (Å²) in [6.07, 6.45) is 0. The minimum Gasteiger partial charge on any atom is -0.358 e. The van der Waals surface area contributed by atoms with E-state index >= 15 is 0 Å². The van der Waals surface area contributed by atoms with E-state index in [9.17, 15) is 22.0 Å². The van der Waals surface area contributed by atoms with E-state index in [0.717, 1.165) is 16.4 Å². The summed E-state index contributed by atoms with van der Waals surface area (Å²) >= 11 is 0. The van der Waals surface area contributed by atoms with Crippen molar-refractivity contribution in [2.24, 2.45) is 0 Å². The molecule has 0 radical (unpaired) electrons. The van der Waals surface area contributed by atoms with Gasteiger partial charge in [0.2, 0.25) is 15.9 Å². The van der Waals surface area contributed by atoms with Crippen molar-refractivity contribution < 1.29 is 22.0 Å². The molecule has 1 aromatic rings. The number of hydrogen-bond donors (Lipinski definition) is 2.